The molecule has 0 fully saturated rings. The van der Waals surface area contributed by atoms with Crippen LogP contribution in [0, 0.1) is 0 Å². The maximum Gasteiger partial charge on any atom is 0.307 e. The Hall–Kier alpha value is -1.81. The Bertz CT molecular complexity index is 549. The van der Waals surface area contributed by atoms with Crippen LogP contribution in [0.2, 0.25) is 0 Å². The molecule has 0 aliphatic heterocycles. The number of hydrogen-bond acceptors (Lipinski definition) is 2. The summed E-state index contributed by atoms with van der Waals surface area (Å²) in [5.74, 6) is 0.577. The highest BCUT2D eigenvalue weighted by molar-refractivity contribution is 9.10. The smallest absolute Gasteiger partial charge is 0.307 e. The van der Waals surface area contributed by atoms with Gasteiger partial charge in [0.05, 0.1) is 6.42 Å². The van der Waals surface area contributed by atoms with E-state index in [1.165, 1.54) is 0 Å². The summed E-state index contributed by atoms with van der Waals surface area (Å²) in [6.07, 6.45) is 0.0250. The van der Waals surface area contributed by atoms with Gasteiger partial charge in [0.2, 0.25) is 0 Å². The molecule has 92 valence electrons. The summed E-state index contributed by atoms with van der Waals surface area (Å²) in [6, 6.07) is 14.6. The molecule has 4 heteroatoms. The van der Waals surface area contributed by atoms with Gasteiger partial charge in [0.1, 0.15) is 11.5 Å². The van der Waals surface area contributed by atoms with Crippen LogP contribution in [0.3, 0.4) is 0 Å². The average Bonchev–Trinajstić information content (AvgIpc) is 2.31. The van der Waals surface area contributed by atoms with E-state index in [4.69, 9.17) is 9.84 Å². The van der Waals surface area contributed by atoms with E-state index in [0.717, 1.165) is 15.8 Å². The minimum Gasteiger partial charge on any atom is -0.481 e. The molecule has 0 aliphatic carbocycles. The fraction of sp³-hybridized carbons (Fsp3) is 0.0714. The summed E-state index contributed by atoms with van der Waals surface area (Å²) in [5.41, 5.74) is 0.754. The highest BCUT2D eigenvalue weighted by atomic mass is 79.9. The Morgan fingerprint density at radius 1 is 1.11 bits per heavy atom. The molecule has 0 amide bonds. The second kappa shape index (κ2) is 5.69. The predicted octanol–water partition coefficient (Wildman–Crippen LogP) is 3.87. The van der Waals surface area contributed by atoms with Crippen molar-refractivity contribution in [2.75, 3.05) is 0 Å². The summed E-state index contributed by atoms with van der Waals surface area (Å²) in [7, 11) is 0. The first-order chi connectivity index (χ1) is 8.63. The van der Waals surface area contributed by atoms with Crippen LogP contribution in [0.4, 0.5) is 0 Å². The van der Waals surface area contributed by atoms with Crippen LogP contribution in [0.1, 0.15) is 5.56 Å². The lowest BCUT2D eigenvalue weighted by molar-refractivity contribution is -0.136. The van der Waals surface area contributed by atoms with Crippen LogP contribution >= 0.6 is 15.9 Å². The third-order valence-corrected chi connectivity index (χ3v) is 2.80. The molecule has 0 unspecified atom stereocenters. The topological polar surface area (TPSA) is 46.5 Å². The van der Waals surface area contributed by atoms with Gasteiger partial charge in [0.25, 0.3) is 0 Å². The molecule has 2 rings (SSSR count). The summed E-state index contributed by atoms with van der Waals surface area (Å²) in [5, 5.41) is 8.67. The summed E-state index contributed by atoms with van der Waals surface area (Å²) >= 11 is 3.37. The van der Waals surface area contributed by atoms with E-state index in [0.29, 0.717) is 5.75 Å². The largest absolute Gasteiger partial charge is 0.481 e. The molecule has 0 aromatic heterocycles. The summed E-state index contributed by atoms with van der Waals surface area (Å²) < 4.78 is 6.59. The van der Waals surface area contributed by atoms with E-state index in [9.17, 15) is 4.79 Å². The zero-order chi connectivity index (χ0) is 13.0. The van der Waals surface area contributed by atoms with Crippen molar-refractivity contribution in [3.05, 3.63) is 58.6 Å². The highest BCUT2D eigenvalue weighted by Gasteiger charge is 2.02. The van der Waals surface area contributed by atoms with Crippen LogP contribution in [-0.4, -0.2) is 11.1 Å². The Kier molecular flexibility index (Phi) is 3.99. The zero-order valence-corrected chi connectivity index (χ0v) is 11.1. The third kappa shape index (κ3) is 3.60. The Labute approximate surface area is 113 Å². The fourth-order valence-corrected chi connectivity index (χ4v) is 1.89. The number of benzene rings is 2. The average molecular weight is 307 g/mol. The maximum atomic E-state index is 10.5. The normalized spacial score (nSPS) is 10.1. The van der Waals surface area contributed by atoms with Gasteiger partial charge in [-0.05, 0) is 35.9 Å². The quantitative estimate of drug-likeness (QED) is 0.932. The van der Waals surface area contributed by atoms with Gasteiger partial charge in [-0.2, -0.15) is 0 Å². The second-order valence-electron chi connectivity index (χ2n) is 3.77. The van der Waals surface area contributed by atoms with Crippen LogP contribution in [0.15, 0.2) is 53.0 Å². The number of aliphatic carboxylic acids is 1. The number of ether oxygens (including phenoxy) is 1. The summed E-state index contributed by atoms with van der Waals surface area (Å²) in [6.45, 7) is 0. The first kappa shape index (κ1) is 12.6. The van der Waals surface area contributed by atoms with Crippen molar-refractivity contribution in [2.24, 2.45) is 0 Å². The lowest BCUT2D eigenvalue weighted by Crippen LogP contribution is -1.99. The van der Waals surface area contributed by atoms with E-state index in [1.807, 2.05) is 24.3 Å². The number of carbonyl (C=O) groups is 1. The van der Waals surface area contributed by atoms with Crippen molar-refractivity contribution >= 4 is 21.9 Å². The summed E-state index contributed by atoms with van der Waals surface area (Å²) in [4.78, 5) is 10.5. The van der Waals surface area contributed by atoms with Crippen molar-refractivity contribution in [1.82, 2.24) is 0 Å². The van der Waals surface area contributed by atoms with Crippen molar-refractivity contribution in [2.45, 2.75) is 6.42 Å². The molecule has 0 saturated heterocycles. The molecule has 1 N–H and O–H groups in total. The van der Waals surface area contributed by atoms with Crippen LogP contribution in [0.25, 0.3) is 0 Å². The molecular formula is C14H11BrO3. The monoisotopic (exact) mass is 306 g/mol. The zero-order valence-electron chi connectivity index (χ0n) is 9.47. The molecular weight excluding hydrogens is 296 g/mol. The Morgan fingerprint density at radius 3 is 2.44 bits per heavy atom. The molecule has 18 heavy (non-hydrogen) atoms. The number of carboxylic acid groups (broad SMARTS) is 1. The van der Waals surface area contributed by atoms with Crippen LogP contribution in [0.5, 0.6) is 11.5 Å². The SMILES string of the molecule is O=C(O)Cc1ccc(Oc2cccc(Br)c2)cc1. The second-order valence-corrected chi connectivity index (χ2v) is 4.69. The minimum absolute atomic E-state index is 0.0250. The van der Waals surface area contributed by atoms with E-state index < -0.39 is 5.97 Å². The standard InChI is InChI=1S/C14H11BrO3/c15-11-2-1-3-13(9-11)18-12-6-4-10(5-7-12)8-14(16)17/h1-7,9H,8H2,(H,16,17). The lowest BCUT2D eigenvalue weighted by atomic mass is 10.1. The number of hydrogen-bond donors (Lipinski definition) is 1. The number of rotatable bonds is 4. The van der Waals surface area contributed by atoms with Gasteiger partial charge in [-0.1, -0.05) is 34.1 Å². The maximum absolute atomic E-state index is 10.5. The van der Waals surface area contributed by atoms with Crippen molar-refractivity contribution in [3.63, 3.8) is 0 Å². The minimum atomic E-state index is -0.837. The lowest BCUT2D eigenvalue weighted by Gasteiger charge is -2.06. The van der Waals surface area contributed by atoms with Crippen LogP contribution < -0.4 is 4.74 Å². The van der Waals surface area contributed by atoms with Crippen molar-refractivity contribution < 1.29 is 14.6 Å². The van der Waals surface area contributed by atoms with Gasteiger partial charge in [0.15, 0.2) is 0 Å². The molecule has 2 aromatic rings. The predicted molar refractivity (Wildman–Crippen MR) is 72.0 cm³/mol. The van der Waals surface area contributed by atoms with Gasteiger partial charge in [-0.15, -0.1) is 0 Å². The molecule has 0 heterocycles. The molecule has 0 bridgehead atoms. The molecule has 0 spiro atoms. The Morgan fingerprint density at radius 2 is 1.83 bits per heavy atom. The van der Waals surface area contributed by atoms with E-state index in [-0.39, 0.29) is 6.42 Å². The van der Waals surface area contributed by atoms with Crippen LogP contribution in [-0.2, 0) is 11.2 Å². The highest BCUT2D eigenvalue weighted by Crippen LogP contribution is 2.24. The first-order valence-electron chi connectivity index (χ1n) is 5.37. The number of carboxylic acids is 1. The van der Waals surface area contributed by atoms with Gasteiger partial charge in [-0.3, -0.25) is 4.79 Å². The van der Waals surface area contributed by atoms with Gasteiger partial charge in [0, 0.05) is 4.47 Å². The first-order valence-corrected chi connectivity index (χ1v) is 6.17. The third-order valence-electron chi connectivity index (χ3n) is 2.31. The van der Waals surface area contributed by atoms with E-state index >= 15 is 0 Å². The van der Waals surface area contributed by atoms with Gasteiger partial charge < -0.3 is 9.84 Å². The van der Waals surface area contributed by atoms with Crippen molar-refractivity contribution in [1.29, 1.82) is 0 Å². The molecule has 0 atom stereocenters. The molecule has 0 aliphatic rings. The molecule has 3 nitrogen and oxygen atoms in total. The molecule has 0 radical (unpaired) electrons. The van der Waals surface area contributed by atoms with Gasteiger partial charge >= 0.3 is 5.97 Å². The van der Waals surface area contributed by atoms with Crippen molar-refractivity contribution in [3.8, 4) is 11.5 Å². The molecule has 0 saturated carbocycles. The fourth-order valence-electron chi connectivity index (χ4n) is 1.52. The Balaban J connectivity index is 2.08. The van der Waals surface area contributed by atoms with Gasteiger partial charge in [-0.25, -0.2) is 0 Å². The van der Waals surface area contributed by atoms with E-state index in [2.05, 4.69) is 15.9 Å². The number of halogens is 1. The molecule has 2 aromatic carbocycles. The van der Waals surface area contributed by atoms with E-state index in [1.54, 1.807) is 24.3 Å².